The molecule has 4 rings (SSSR count). The number of benzene rings is 2. The Bertz CT molecular complexity index is 973. The highest BCUT2D eigenvalue weighted by molar-refractivity contribution is 6.42. The van der Waals surface area contributed by atoms with Crippen LogP contribution in [-0.4, -0.2) is 12.0 Å². The summed E-state index contributed by atoms with van der Waals surface area (Å²) in [6, 6.07) is 16.7. The molecule has 146 valence electrons. The molecule has 0 saturated heterocycles. The number of halogens is 3. The van der Waals surface area contributed by atoms with Gasteiger partial charge in [-0.1, -0.05) is 41.4 Å². The van der Waals surface area contributed by atoms with Crippen molar-refractivity contribution in [2.24, 2.45) is 0 Å². The van der Waals surface area contributed by atoms with Gasteiger partial charge in [0, 0.05) is 17.5 Å². The molecule has 0 spiro atoms. The average molecular weight is 435 g/mol. The number of pyridine rings is 1. The lowest BCUT2D eigenvalue weighted by Gasteiger charge is -2.32. The second-order valence-corrected chi connectivity index (χ2v) is 7.78. The SMILES string of the molecule is CNC1CCC(c2ccc(Cl)c(Cl)c2)c2ccc(-c3ccc(N)cn3)cc21.Cl. The van der Waals surface area contributed by atoms with Gasteiger partial charge in [0.2, 0.25) is 0 Å². The Kier molecular flexibility index (Phi) is 6.51. The van der Waals surface area contributed by atoms with E-state index in [0.717, 1.165) is 24.1 Å². The van der Waals surface area contributed by atoms with Crippen LogP contribution in [0.3, 0.4) is 0 Å². The van der Waals surface area contributed by atoms with E-state index in [1.165, 1.54) is 16.7 Å². The third-order valence-corrected chi connectivity index (χ3v) is 6.10. The minimum absolute atomic E-state index is 0. The first kappa shape index (κ1) is 20.9. The summed E-state index contributed by atoms with van der Waals surface area (Å²) in [5.41, 5.74) is 12.3. The summed E-state index contributed by atoms with van der Waals surface area (Å²) < 4.78 is 0. The lowest BCUT2D eigenvalue weighted by atomic mass is 9.76. The number of hydrogen-bond donors (Lipinski definition) is 2. The summed E-state index contributed by atoms with van der Waals surface area (Å²) in [6.07, 6.45) is 3.83. The van der Waals surface area contributed by atoms with Gasteiger partial charge >= 0.3 is 0 Å². The third-order valence-electron chi connectivity index (χ3n) is 5.36. The quantitative estimate of drug-likeness (QED) is 0.512. The van der Waals surface area contributed by atoms with Gasteiger partial charge in [0.05, 0.1) is 27.6 Å². The number of fused-ring (bicyclic) bond motifs is 1. The van der Waals surface area contributed by atoms with Crippen molar-refractivity contribution in [1.82, 2.24) is 10.3 Å². The zero-order valence-electron chi connectivity index (χ0n) is 15.5. The maximum atomic E-state index is 6.27. The number of nitrogens with one attached hydrogen (secondary N) is 1. The first-order valence-electron chi connectivity index (χ1n) is 9.05. The number of nitrogens with two attached hydrogens (primary N) is 1. The molecule has 1 aromatic heterocycles. The highest BCUT2D eigenvalue weighted by Gasteiger charge is 2.28. The van der Waals surface area contributed by atoms with E-state index in [0.29, 0.717) is 27.7 Å². The van der Waals surface area contributed by atoms with E-state index in [1.54, 1.807) is 6.20 Å². The summed E-state index contributed by atoms with van der Waals surface area (Å²) in [4.78, 5) is 4.47. The molecule has 3 nitrogen and oxygen atoms in total. The molecule has 2 atom stereocenters. The van der Waals surface area contributed by atoms with E-state index in [-0.39, 0.29) is 12.4 Å². The van der Waals surface area contributed by atoms with Crippen molar-refractivity contribution in [2.75, 3.05) is 12.8 Å². The predicted octanol–water partition coefficient (Wildman–Crippen LogP) is 6.25. The van der Waals surface area contributed by atoms with E-state index in [9.17, 15) is 0 Å². The van der Waals surface area contributed by atoms with E-state index in [1.807, 2.05) is 31.3 Å². The lowest BCUT2D eigenvalue weighted by Crippen LogP contribution is -2.24. The Balaban J connectivity index is 0.00000225. The van der Waals surface area contributed by atoms with Crippen molar-refractivity contribution >= 4 is 41.3 Å². The maximum absolute atomic E-state index is 6.27. The Labute approximate surface area is 181 Å². The molecule has 0 saturated carbocycles. The number of aromatic nitrogens is 1. The Morgan fingerprint density at radius 3 is 2.46 bits per heavy atom. The van der Waals surface area contributed by atoms with Crippen LogP contribution >= 0.6 is 35.6 Å². The standard InChI is InChI=1S/C22H21Cl2N3.ClH/c1-26-22-9-6-16(13-3-7-19(23)20(24)11-13)17-5-2-14(10-18(17)22)21-8-4-15(25)12-27-21;/h2-5,7-8,10-12,16,22,26H,6,9,25H2,1H3;1H. The minimum Gasteiger partial charge on any atom is -0.397 e. The molecule has 0 radical (unpaired) electrons. The van der Waals surface area contributed by atoms with Gasteiger partial charge in [0.25, 0.3) is 0 Å². The number of anilines is 1. The van der Waals surface area contributed by atoms with Crippen LogP contribution in [0.5, 0.6) is 0 Å². The van der Waals surface area contributed by atoms with Crippen LogP contribution in [0.15, 0.2) is 54.7 Å². The van der Waals surface area contributed by atoms with Gasteiger partial charge in [0.15, 0.2) is 0 Å². The molecule has 0 fully saturated rings. The summed E-state index contributed by atoms with van der Waals surface area (Å²) >= 11 is 12.4. The van der Waals surface area contributed by atoms with Crippen molar-refractivity contribution in [1.29, 1.82) is 0 Å². The second kappa shape index (κ2) is 8.71. The van der Waals surface area contributed by atoms with E-state index >= 15 is 0 Å². The largest absolute Gasteiger partial charge is 0.397 e. The lowest BCUT2D eigenvalue weighted by molar-refractivity contribution is 0.471. The van der Waals surface area contributed by atoms with Crippen molar-refractivity contribution < 1.29 is 0 Å². The summed E-state index contributed by atoms with van der Waals surface area (Å²) in [5, 5.41) is 4.65. The van der Waals surface area contributed by atoms with Crippen LogP contribution in [0.25, 0.3) is 11.3 Å². The van der Waals surface area contributed by atoms with Crippen molar-refractivity contribution in [3.63, 3.8) is 0 Å². The van der Waals surface area contributed by atoms with Gasteiger partial charge in [-0.05, 0) is 66.9 Å². The number of hydrogen-bond acceptors (Lipinski definition) is 3. The van der Waals surface area contributed by atoms with Crippen LogP contribution in [-0.2, 0) is 0 Å². The molecule has 2 unspecified atom stereocenters. The number of nitrogens with zero attached hydrogens (tertiary/aromatic N) is 1. The van der Waals surface area contributed by atoms with Gasteiger partial charge in [0.1, 0.15) is 0 Å². The van der Waals surface area contributed by atoms with Gasteiger partial charge in [-0.2, -0.15) is 0 Å². The molecule has 3 N–H and O–H groups in total. The van der Waals surface area contributed by atoms with Crippen LogP contribution in [0.1, 0.15) is 41.5 Å². The zero-order valence-corrected chi connectivity index (χ0v) is 17.8. The van der Waals surface area contributed by atoms with Crippen molar-refractivity contribution in [3.8, 4) is 11.3 Å². The minimum atomic E-state index is 0. The number of nitrogen functional groups attached to an aromatic ring is 1. The highest BCUT2D eigenvalue weighted by Crippen LogP contribution is 2.43. The Morgan fingerprint density at radius 1 is 0.964 bits per heavy atom. The normalized spacial score (nSPS) is 18.2. The van der Waals surface area contributed by atoms with Crippen molar-refractivity contribution in [3.05, 3.63) is 81.5 Å². The number of rotatable bonds is 3. The van der Waals surface area contributed by atoms with Gasteiger partial charge < -0.3 is 11.1 Å². The molecule has 6 heteroatoms. The summed E-state index contributed by atoms with van der Waals surface area (Å²) in [5.74, 6) is 0.313. The highest BCUT2D eigenvalue weighted by atomic mass is 35.5. The fourth-order valence-electron chi connectivity index (χ4n) is 3.95. The van der Waals surface area contributed by atoms with Crippen LogP contribution < -0.4 is 11.1 Å². The molecule has 28 heavy (non-hydrogen) atoms. The van der Waals surface area contributed by atoms with E-state index in [4.69, 9.17) is 28.9 Å². The monoisotopic (exact) mass is 433 g/mol. The zero-order chi connectivity index (χ0) is 19.0. The van der Waals surface area contributed by atoms with Crippen LogP contribution in [0.2, 0.25) is 10.0 Å². The van der Waals surface area contributed by atoms with Gasteiger partial charge in [-0.25, -0.2) is 0 Å². The molecule has 0 bridgehead atoms. The first-order valence-corrected chi connectivity index (χ1v) is 9.80. The van der Waals surface area contributed by atoms with E-state index in [2.05, 4.69) is 34.6 Å². The van der Waals surface area contributed by atoms with Gasteiger partial charge in [-0.15, -0.1) is 12.4 Å². The maximum Gasteiger partial charge on any atom is 0.0703 e. The molecule has 1 aliphatic rings. The molecule has 0 amide bonds. The Morgan fingerprint density at radius 2 is 1.79 bits per heavy atom. The first-order chi connectivity index (χ1) is 13.1. The Hall–Kier alpha value is -1.78. The molecule has 1 aliphatic carbocycles. The molecular formula is C22H22Cl3N3. The fourth-order valence-corrected chi connectivity index (χ4v) is 4.26. The molecular weight excluding hydrogens is 413 g/mol. The van der Waals surface area contributed by atoms with Crippen LogP contribution in [0, 0.1) is 0 Å². The summed E-state index contributed by atoms with van der Waals surface area (Å²) in [7, 11) is 2.02. The third kappa shape index (κ3) is 3.99. The molecule has 0 aliphatic heterocycles. The fraction of sp³-hybridized carbons (Fsp3) is 0.227. The molecule has 2 aromatic carbocycles. The predicted molar refractivity (Wildman–Crippen MR) is 121 cm³/mol. The topological polar surface area (TPSA) is 50.9 Å². The smallest absolute Gasteiger partial charge is 0.0703 e. The summed E-state index contributed by atoms with van der Waals surface area (Å²) in [6.45, 7) is 0. The van der Waals surface area contributed by atoms with E-state index < -0.39 is 0 Å². The molecule has 3 aromatic rings. The van der Waals surface area contributed by atoms with Crippen LogP contribution in [0.4, 0.5) is 5.69 Å². The second-order valence-electron chi connectivity index (χ2n) is 6.97. The average Bonchev–Trinajstić information content (AvgIpc) is 2.69. The molecule has 1 heterocycles. The van der Waals surface area contributed by atoms with Gasteiger partial charge in [-0.3, -0.25) is 4.98 Å². The van der Waals surface area contributed by atoms with Crippen molar-refractivity contribution in [2.45, 2.75) is 24.8 Å².